The molecule has 0 bridgehead atoms. The zero-order valence-corrected chi connectivity index (χ0v) is 36.0. The van der Waals surface area contributed by atoms with E-state index in [-0.39, 0.29) is 0 Å². The molecule has 0 unspecified atom stereocenters. The van der Waals surface area contributed by atoms with Gasteiger partial charge in [0, 0.05) is 56.3 Å². The van der Waals surface area contributed by atoms with Gasteiger partial charge in [-0.25, -0.2) is 0 Å². The zero-order valence-electron chi connectivity index (χ0n) is 36.0. The van der Waals surface area contributed by atoms with E-state index in [1.165, 1.54) is 51.4 Å². The fourth-order valence-corrected chi connectivity index (χ4v) is 7.51. The predicted octanol–water partition coefficient (Wildman–Crippen LogP) is 14.0. The van der Waals surface area contributed by atoms with Gasteiger partial charge in [0.1, 0.15) is 24.6 Å². The molecule has 0 amide bonds. The number of unbranched alkanes of at least 4 members (excludes halogenated alkanes) is 8. The van der Waals surface area contributed by atoms with Crippen molar-refractivity contribution >= 4 is 46.7 Å². The van der Waals surface area contributed by atoms with Crippen molar-refractivity contribution in [2.45, 2.75) is 119 Å². The van der Waals surface area contributed by atoms with Gasteiger partial charge in [-0.05, 0) is 87.1 Å². The first kappa shape index (κ1) is 42.4. The van der Waals surface area contributed by atoms with Gasteiger partial charge in [-0.1, -0.05) is 82.9 Å². The fourth-order valence-electron chi connectivity index (χ4n) is 7.51. The molecule has 8 heteroatoms. The van der Waals surface area contributed by atoms with E-state index in [2.05, 4.69) is 115 Å². The molecular formula is C50H66N4O4+2. The minimum atomic E-state index is 0.710. The van der Waals surface area contributed by atoms with Crippen molar-refractivity contribution in [1.82, 2.24) is 4.58 Å². The summed E-state index contributed by atoms with van der Waals surface area (Å²) in [6.45, 7) is 16.9. The Labute approximate surface area is 347 Å². The van der Waals surface area contributed by atoms with Gasteiger partial charge in [0.25, 0.3) is 0 Å². The average molecular weight is 787 g/mol. The zero-order chi connectivity index (χ0) is 40.7. The molecule has 308 valence electrons. The Hall–Kier alpha value is -5.24. The molecule has 1 aliphatic heterocycles. The van der Waals surface area contributed by atoms with Crippen LogP contribution in [0.15, 0.2) is 110 Å². The van der Waals surface area contributed by atoms with Crippen molar-refractivity contribution in [3.63, 3.8) is 0 Å². The highest BCUT2D eigenvalue weighted by Gasteiger charge is 2.33. The first-order chi connectivity index (χ1) is 28.4. The van der Waals surface area contributed by atoms with Gasteiger partial charge in [0.05, 0.1) is 23.9 Å². The number of ether oxygens (including phenoxy) is 1. The molecule has 8 nitrogen and oxygen atoms in total. The van der Waals surface area contributed by atoms with Gasteiger partial charge in [-0.3, -0.25) is 4.90 Å². The summed E-state index contributed by atoms with van der Waals surface area (Å²) >= 11 is 0. The Morgan fingerprint density at radius 1 is 0.483 bits per heavy atom. The molecule has 3 aromatic heterocycles. The molecule has 0 radical (unpaired) electrons. The van der Waals surface area contributed by atoms with Crippen LogP contribution in [0.4, 0.5) is 34.9 Å². The van der Waals surface area contributed by atoms with E-state index in [1.54, 1.807) is 0 Å². The van der Waals surface area contributed by atoms with Gasteiger partial charge in [-0.15, -0.1) is 0 Å². The largest absolute Gasteiger partial charge is 0.445 e. The van der Waals surface area contributed by atoms with Crippen LogP contribution in [0.1, 0.15) is 116 Å². The molecule has 0 saturated heterocycles. The van der Waals surface area contributed by atoms with Gasteiger partial charge in [0.2, 0.25) is 23.3 Å². The smallest absolute Gasteiger partial charge is 0.387 e. The highest BCUT2D eigenvalue weighted by molar-refractivity contribution is 6.09. The van der Waals surface area contributed by atoms with Crippen LogP contribution in [0, 0.1) is 13.8 Å². The Morgan fingerprint density at radius 2 is 0.983 bits per heavy atom. The van der Waals surface area contributed by atoms with E-state index in [1.807, 2.05) is 43.0 Å². The highest BCUT2D eigenvalue weighted by Crippen LogP contribution is 2.38. The van der Waals surface area contributed by atoms with E-state index < -0.39 is 0 Å². The molecule has 0 aliphatic carbocycles. The van der Waals surface area contributed by atoms with Crippen LogP contribution in [-0.2, 0) is 4.74 Å². The summed E-state index contributed by atoms with van der Waals surface area (Å²) in [5, 5.41) is 0. The molecule has 0 spiro atoms. The molecule has 5 aromatic rings. The van der Waals surface area contributed by atoms with Gasteiger partial charge in [0.15, 0.2) is 0 Å². The lowest BCUT2D eigenvalue weighted by atomic mass is 10.0. The molecule has 0 saturated carbocycles. The maximum Gasteiger partial charge on any atom is 0.387 e. The van der Waals surface area contributed by atoms with Crippen molar-refractivity contribution in [2.24, 2.45) is 0 Å². The minimum Gasteiger partial charge on any atom is -0.445 e. The summed E-state index contributed by atoms with van der Waals surface area (Å²) in [6.07, 6.45) is 18.5. The van der Waals surface area contributed by atoms with Crippen LogP contribution >= 0.6 is 0 Å². The molecule has 6 rings (SSSR count). The summed E-state index contributed by atoms with van der Waals surface area (Å²) in [5.74, 6) is 6.43. The van der Waals surface area contributed by atoms with Crippen molar-refractivity contribution in [3.05, 3.63) is 109 Å². The second-order valence-electron chi connectivity index (χ2n) is 15.6. The monoisotopic (exact) mass is 787 g/mol. The third-order valence-electron chi connectivity index (χ3n) is 10.8. The SMILES string of the molecule is CCCCCN(CCCCC)c1ccc([N+](=C2C=CC(=[N+](CCCCC)CCCCC)O2)c2ccc(-c3ccc(N(c4ccc(C)o4)c4ccc(C)o4)cc3)cc2)o1. The van der Waals surface area contributed by atoms with Crippen LogP contribution in [0.5, 0.6) is 0 Å². The summed E-state index contributed by atoms with van der Waals surface area (Å²) in [5.41, 5.74) is 4.15. The lowest BCUT2D eigenvalue weighted by molar-refractivity contribution is -0.534. The summed E-state index contributed by atoms with van der Waals surface area (Å²) in [7, 11) is 0. The van der Waals surface area contributed by atoms with Crippen LogP contribution < -0.4 is 14.4 Å². The molecule has 0 fully saturated rings. The summed E-state index contributed by atoms with van der Waals surface area (Å²) in [6, 6.07) is 29.3. The average Bonchev–Trinajstić information content (AvgIpc) is 4.08. The molecule has 4 heterocycles. The minimum absolute atomic E-state index is 0.710. The van der Waals surface area contributed by atoms with Crippen molar-refractivity contribution in [2.75, 3.05) is 36.0 Å². The number of hydrogen-bond donors (Lipinski definition) is 0. The summed E-state index contributed by atoms with van der Waals surface area (Å²) in [4.78, 5) is 4.43. The molecule has 58 heavy (non-hydrogen) atoms. The predicted molar refractivity (Wildman–Crippen MR) is 241 cm³/mol. The standard InChI is InChI=1S/C50H66N4O4/c1-7-11-15-35-51(36-16-12-8-2)45-31-33-49(57-45)54(50-34-32-46(58-50)52(37-17-13-9-3)38-18-14-10-4)44-27-23-42(24-28-44)41-21-25-43(26-22-41)53(47-29-19-39(5)55-47)48-30-20-40(6)56-48/h19-34H,7-18,35-38H2,1-6H3/q+2. The van der Waals surface area contributed by atoms with Crippen molar-refractivity contribution < 1.29 is 22.6 Å². The number of rotatable bonds is 23. The topological polar surface area (TPSA) is 61.2 Å². The number of furan rings is 3. The number of benzene rings is 2. The molecule has 2 aromatic carbocycles. The van der Waals surface area contributed by atoms with Crippen molar-refractivity contribution in [3.8, 4) is 11.1 Å². The second-order valence-corrected chi connectivity index (χ2v) is 15.6. The molecule has 1 aliphatic rings. The van der Waals surface area contributed by atoms with E-state index in [0.29, 0.717) is 11.8 Å². The van der Waals surface area contributed by atoms with Crippen LogP contribution in [-0.4, -0.2) is 42.6 Å². The van der Waals surface area contributed by atoms with Gasteiger partial charge >= 0.3 is 17.7 Å². The Bertz CT molecular complexity index is 2030. The first-order valence-electron chi connectivity index (χ1n) is 22.1. The number of hydrogen-bond acceptors (Lipinski definition) is 6. The van der Waals surface area contributed by atoms with E-state index in [9.17, 15) is 0 Å². The number of aryl methyl sites for hydroxylation is 2. The van der Waals surface area contributed by atoms with Crippen molar-refractivity contribution in [1.29, 1.82) is 0 Å². The Morgan fingerprint density at radius 3 is 1.50 bits per heavy atom. The lowest BCUT2D eigenvalue weighted by Crippen LogP contribution is -2.26. The van der Waals surface area contributed by atoms with Gasteiger partial charge < -0.3 is 22.9 Å². The normalized spacial score (nSPS) is 13.3. The van der Waals surface area contributed by atoms with E-state index in [0.717, 1.165) is 109 Å². The number of anilines is 4. The fraction of sp³-hybridized carbons (Fsp3) is 0.440. The molecular weight excluding hydrogens is 721 g/mol. The van der Waals surface area contributed by atoms with Crippen LogP contribution in [0.2, 0.25) is 0 Å². The Kier molecular flexibility index (Phi) is 15.7. The third-order valence-corrected chi connectivity index (χ3v) is 10.8. The maximum absolute atomic E-state index is 6.79. The maximum atomic E-state index is 6.79. The van der Waals surface area contributed by atoms with E-state index in [4.69, 9.17) is 18.0 Å². The van der Waals surface area contributed by atoms with Gasteiger partial charge in [-0.2, -0.15) is 4.58 Å². The first-order valence-corrected chi connectivity index (χ1v) is 22.1. The van der Waals surface area contributed by atoms with Crippen LogP contribution in [0.3, 0.4) is 0 Å². The van der Waals surface area contributed by atoms with E-state index >= 15 is 0 Å². The molecule has 0 N–H and O–H groups in total. The number of nitrogens with zero attached hydrogens (tertiary/aromatic N) is 4. The third kappa shape index (κ3) is 11.0. The Balaban J connectivity index is 1.33. The quantitative estimate of drug-likeness (QED) is 0.0485. The molecule has 0 atom stereocenters. The summed E-state index contributed by atoms with van der Waals surface area (Å²) < 4.78 is 30.2. The second kappa shape index (κ2) is 21.5. The highest BCUT2D eigenvalue weighted by atomic mass is 16.5. The van der Waals surface area contributed by atoms with Crippen LogP contribution in [0.25, 0.3) is 11.1 Å². The lowest BCUT2D eigenvalue weighted by Gasteiger charge is -2.21.